The largest absolute Gasteiger partial charge is 0.157 e. The Hall–Kier alpha value is -0.473. The molecule has 1 aromatic rings. The second-order valence-electron chi connectivity index (χ2n) is 5.70. The Labute approximate surface area is 112 Å². The maximum absolute atomic E-state index is 2.46. The molecule has 1 aromatic carbocycles. The third kappa shape index (κ3) is 7.45. The summed E-state index contributed by atoms with van der Waals surface area (Å²) in [5.41, 5.74) is 3.89. The van der Waals surface area contributed by atoms with Gasteiger partial charge in [-0.25, -0.2) is 0 Å². The van der Waals surface area contributed by atoms with Crippen LogP contribution in [0.2, 0.25) is 19.6 Å². The molecule has 0 fully saturated rings. The Morgan fingerprint density at radius 1 is 1.18 bits per heavy atom. The van der Waals surface area contributed by atoms with Gasteiger partial charge < -0.3 is 0 Å². The third-order valence-electron chi connectivity index (χ3n) is 2.42. The summed E-state index contributed by atoms with van der Waals surface area (Å²) in [5, 5.41) is 0. The molecule has 0 aliphatic carbocycles. The molecule has 0 nitrogen and oxygen atoms in total. The van der Waals surface area contributed by atoms with Crippen LogP contribution in [0.25, 0.3) is 0 Å². The summed E-state index contributed by atoms with van der Waals surface area (Å²) in [6.45, 7) is 9.46. The number of allylic oxidation sites excluding steroid dienone is 1. The fourth-order valence-electron chi connectivity index (χ4n) is 1.45. The molecule has 0 radical (unpaired) electrons. The van der Waals surface area contributed by atoms with E-state index in [-0.39, 0.29) is 0 Å². The monoisotopic (exact) mass is 264 g/mol. The van der Waals surface area contributed by atoms with E-state index in [1.54, 1.807) is 0 Å². The van der Waals surface area contributed by atoms with E-state index in [0.29, 0.717) is 5.92 Å². The van der Waals surface area contributed by atoms with Crippen molar-refractivity contribution in [3.8, 4) is 0 Å². The molecule has 0 saturated heterocycles. The van der Waals surface area contributed by atoms with E-state index < -0.39 is 8.07 Å². The Balaban J connectivity index is 2.25. The van der Waals surface area contributed by atoms with Crippen molar-refractivity contribution in [1.82, 2.24) is 0 Å². The number of thioether (sulfide) groups is 1. The summed E-state index contributed by atoms with van der Waals surface area (Å²) >= 11 is 2.03. The van der Waals surface area contributed by atoms with Crippen molar-refractivity contribution in [2.45, 2.75) is 32.3 Å². The van der Waals surface area contributed by atoms with Crippen LogP contribution in [0.3, 0.4) is 0 Å². The highest BCUT2D eigenvalue weighted by atomic mass is 32.2. The van der Waals surface area contributed by atoms with Gasteiger partial charge in [-0.2, -0.15) is 11.8 Å². The molecule has 0 bridgehead atoms. The Bertz CT molecular complexity index is 338. The van der Waals surface area contributed by atoms with Gasteiger partial charge in [-0.05, 0) is 17.2 Å². The lowest BCUT2D eigenvalue weighted by Gasteiger charge is -2.11. The smallest absolute Gasteiger partial charge is 0.0682 e. The first-order chi connectivity index (χ1) is 7.97. The number of benzene rings is 1. The second-order valence-corrected chi connectivity index (χ2v) is 11.8. The summed E-state index contributed by atoms with van der Waals surface area (Å²) in [5.74, 6) is 3.04. The van der Waals surface area contributed by atoms with Crippen LogP contribution in [0, 0.1) is 5.92 Å². The minimum atomic E-state index is -1.01. The summed E-state index contributed by atoms with van der Waals surface area (Å²) < 4.78 is 0. The molecular formula is C15H24SSi. The molecule has 0 aliphatic heterocycles. The van der Waals surface area contributed by atoms with E-state index in [9.17, 15) is 0 Å². The lowest BCUT2D eigenvalue weighted by Crippen LogP contribution is -2.16. The maximum atomic E-state index is 2.46. The van der Waals surface area contributed by atoms with Crippen LogP contribution in [-0.4, -0.2) is 13.8 Å². The quantitative estimate of drug-likeness (QED) is 0.652. The van der Waals surface area contributed by atoms with Gasteiger partial charge in [0.1, 0.15) is 0 Å². The zero-order chi connectivity index (χ0) is 12.7. The molecular weight excluding hydrogens is 240 g/mol. The average molecular weight is 265 g/mol. The van der Waals surface area contributed by atoms with Crippen LogP contribution in [0.5, 0.6) is 0 Å². The fraction of sp³-hybridized carbons (Fsp3) is 0.467. The van der Waals surface area contributed by atoms with Crippen molar-refractivity contribution in [1.29, 1.82) is 0 Å². The molecule has 0 amide bonds. The van der Waals surface area contributed by atoms with Crippen molar-refractivity contribution in [2.75, 3.05) is 5.75 Å². The Morgan fingerprint density at radius 2 is 1.82 bits per heavy atom. The van der Waals surface area contributed by atoms with Gasteiger partial charge >= 0.3 is 0 Å². The van der Waals surface area contributed by atoms with Crippen molar-refractivity contribution in [3.63, 3.8) is 0 Å². The highest BCUT2D eigenvalue weighted by molar-refractivity contribution is 7.98. The highest BCUT2D eigenvalue weighted by Crippen LogP contribution is 2.16. The van der Waals surface area contributed by atoms with Crippen molar-refractivity contribution in [3.05, 3.63) is 47.7 Å². The molecule has 2 heteroatoms. The molecule has 17 heavy (non-hydrogen) atoms. The molecule has 0 saturated carbocycles. The van der Waals surface area contributed by atoms with Gasteiger partial charge in [-0.15, -0.1) is 0 Å². The van der Waals surface area contributed by atoms with Gasteiger partial charge in [0.2, 0.25) is 0 Å². The lowest BCUT2D eigenvalue weighted by molar-refractivity contribution is 0.847. The standard InChI is InChI=1S/C15H24SSi/c1-14(10-11-17(2,3)4)12-16-13-15-8-6-5-7-9-15/h5-11,14H,12-13H2,1-4H3/b11-10+. The van der Waals surface area contributed by atoms with Gasteiger partial charge in [-0.1, -0.05) is 68.7 Å². The highest BCUT2D eigenvalue weighted by Gasteiger charge is 2.08. The van der Waals surface area contributed by atoms with Crippen LogP contribution in [0.1, 0.15) is 12.5 Å². The van der Waals surface area contributed by atoms with Gasteiger partial charge in [0.25, 0.3) is 0 Å². The lowest BCUT2D eigenvalue weighted by atomic mass is 10.2. The zero-order valence-corrected chi connectivity index (χ0v) is 13.3. The molecule has 0 aliphatic rings. The van der Waals surface area contributed by atoms with E-state index in [1.165, 1.54) is 11.3 Å². The van der Waals surface area contributed by atoms with Crippen LogP contribution in [-0.2, 0) is 5.75 Å². The number of rotatable bonds is 6. The van der Waals surface area contributed by atoms with Crippen LogP contribution >= 0.6 is 11.8 Å². The van der Waals surface area contributed by atoms with Crippen molar-refractivity contribution >= 4 is 19.8 Å². The Kier molecular flexibility index (Phi) is 6.07. The van der Waals surface area contributed by atoms with E-state index in [1.807, 2.05) is 11.8 Å². The summed E-state index contributed by atoms with van der Waals surface area (Å²) in [7, 11) is -1.01. The van der Waals surface area contributed by atoms with E-state index in [2.05, 4.69) is 68.7 Å². The second kappa shape index (κ2) is 7.07. The summed E-state index contributed by atoms with van der Waals surface area (Å²) in [6.07, 6.45) is 2.41. The molecule has 1 unspecified atom stereocenters. The van der Waals surface area contributed by atoms with Crippen molar-refractivity contribution in [2.24, 2.45) is 5.92 Å². The van der Waals surface area contributed by atoms with E-state index in [0.717, 1.165) is 5.75 Å². The predicted octanol–water partition coefficient (Wildman–Crippen LogP) is 4.99. The number of hydrogen-bond donors (Lipinski definition) is 0. The molecule has 0 N–H and O–H groups in total. The zero-order valence-electron chi connectivity index (χ0n) is 11.4. The SMILES string of the molecule is CC(/C=C/[Si](C)(C)C)CSCc1ccccc1. The first-order valence-corrected chi connectivity index (χ1v) is 11.0. The third-order valence-corrected chi connectivity index (χ3v) is 4.91. The molecule has 1 atom stereocenters. The summed E-state index contributed by atoms with van der Waals surface area (Å²) in [6, 6.07) is 10.7. The minimum Gasteiger partial charge on any atom is -0.157 e. The molecule has 94 valence electrons. The van der Waals surface area contributed by atoms with E-state index >= 15 is 0 Å². The van der Waals surface area contributed by atoms with Crippen LogP contribution in [0.4, 0.5) is 0 Å². The Morgan fingerprint density at radius 3 is 2.41 bits per heavy atom. The maximum Gasteiger partial charge on any atom is 0.0682 e. The predicted molar refractivity (Wildman–Crippen MR) is 84.3 cm³/mol. The topological polar surface area (TPSA) is 0 Å². The van der Waals surface area contributed by atoms with Gasteiger partial charge in [0.15, 0.2) is 0 Å². The summed E-state index contributed by atoms with van der Waals surface area (Å²) in [4.78, 5) is 0. The van der Waals surface area contributed by atoms with Crippen molar-refractivity contribution < 1.29 is 0 Å². The normalized spacial score (nSPS) is 14.1. The first-order valence-electron chi connectivity index (χ1n) is 6.28. The molecule has 0 heterocycles. The van der Waals surface area contributed by atoms with Gasteiger partial charge in [-0.3, -0.25) is 0 Å². The fourth-order valence-corrected chi connectivity index (χ4v) is 3.38. The van der Waals surface area contributed by atoms with Crippen LogP contribution < -0.4 is 0 Å². The average Bonchev–Trinajstić information content (AvgIpc) is 2.27. The molecule has 0 spiro atoms. The minimum absolute atomic E-state index is 0.690. The molecule has 1 rings (SSSR count). The van der Waals surface area contributed by atoms with Crippen LogP contribution in [0.15, 0.2) is 42.1 Å². The molecule has 0 aromatic heterocycles. The van der Waals surface area contributed by atoms with Gasteiger partial charge in [0.05, 0.1) is 8.07 Å². The van der Waals surface area contributed by atoms with Gasteiger partial charge in [0, 0.05) is 5.75 Å². The van der Waals surface area contributed by atoms with E-state index in [4.69, 9.17) is 0 Å². The first kappa shape index (κ1) is 14.6. The number of hydrogen-bond acceptors (Lipinski definition) is 1.